The Labute approximate surface area is 151 Å². The molecule has 4 rings (SSSR count). The van der Waals surface area contributed by atoms with Gasteiger partial charge in [0.25, 0.3) is 0 Å². The maximum atomic E-state index is 9.08. The Kier molecular flexibility index (Phi) is 4.83. The minimum atomic E-state index is -0.0401. The molecule has 0 unspecified atom stereocenters. The summed E-state index contributed by atoms with van der Waals surface area (Å²) < 4.78 is 5.58. The molecule has 5 nitrogen and oxygen atoms in total. The number of anilines is 1. The van der Waals surface area contributed by atoms with Crippen LogP contribution in [0, 0.1) is 0 Å². The van der Waals surface area contributed by atoms with E-state index in [1.54, 1.807) is 11.3 Å². The number of furan rings is 1. The molecule has 0 radical (unpaired) electrons. The summed E-state index contributed by atoms with van der Waals surface area (Å²) in [6.07, 6.45) is 0. The van der Waals surface area contributed by atoms with Crippen LogP contribution < -0.4 is 4.90 Å². The van der Waals surface area contributed by atoms with Gasteiger partial charge in [0.05, 0.1) is 12.2 Å². The highest BCUT2D eigenvalue weighted by Crippen LogP contribution is 2.28. The van der Waals surface area contributed by atoms with Crippen molar-refractivity contribution >= 4 is 16.5 Å². The number of benzene rings is 1. The highest BCUT2D eigenvalue weighted by Gasteiger charge is 2.20. The zero-order chi connectivity index (χ0) is 17.1. The smallest absolute Gasteiger partial charge is 0.185 e. The normalized spacial score (nSPS) is 15.6. The van der Waals surface area contributed by atoms with E-state index >= 15 is 0 Å². The first-order valence-corrected chi connectivity index (χ1v) is 9.36. The molecule has 1 fully saturated rings. The summed E-state index contributed by atoms with van der Waals surface area (Å²) in [6, 6.07) is 14.1. The standard InChI is InChI=1S/C19H21N3O2S/c23-13-17-7-6-16(24-17)12-21-8-10-22(11-9-21)19-20-18(14-25-19)15-4-2-1-3-5-15/h1-7,14,23H,8-13H2. The topological polar surface area (TPSA) is 52.7 Å². The fourth-order valence-corrected chi connectivity index (χ4v) is 3.95. The molecule has 1 aliphatic heterocycles. The Morgan fingerprint density at radius 1 is 1.00 bits per heavy atom. The number of aliphatic hydroxyl groups excluding tert-OH is 1. The second-order valence-corrected chi connectivity index (χ2v) is 7.01. The van der Waals surface area contributed by atoms with E-state index in [2.05, 4.69) is 27.3 Å². The van der Waals surface area contributed by atoms with Crippen LogP contribution in [-0.4, -0.2) is 41.2 Å². The van der Waals surface area contributed by atoms with Crippen LogP contribution in [0.4, 0.5) is 5.13 Å². The molecule has 0 aliphatic carbocycles. The molecular formula is C19H21N3O2S. The van der Waals surface area contributed by atoms with Crippen molar-refractivity contribution in [1.29, 1.82) is 0 Å². The van der Waals surface area contributed by atoms with Crippen LogP contribution in [0.3, 0.4) is 0 Å². The van der Waals surface area contributed by atoms with Gasteiger partial charge in [0.2, 0.25) is 0 Å². The van der Waals surface area contributed by atoms with Crippen LogP contribution in [0.25, 0.3) is 11.3 Å². The van der Waals surface area contributed by atoms with Gasteiger partial charge in [-0.15, -0.1) is 11.3 Å². The molecule has 3 aromatic rings. The summed E-state index contributed by atoms with van der Waals surface area (Å²) >= 11 is 1.71. The molecule has 0 saturated carbocycles. The van der Waals surface area contributed by atoms with E-state index in [0.717, 1.165) is 49.3 Å². The molecule has 6 heteroatoms. The zero-order valence-electron chi connectivity index (χ0n) is 14.0. The molecule has 0 bridgehead atoms. The van der Waals surface area contributed by atoms with Crippen molar-refractivity contribution in [2.24, 2.45) is 0 Å². The van der Waals surface area contributed by atoms with E-state index in [9.17, 15) is 0 Å². The zero-order valence-corrected chi connectivity index (χ0v) is 14.8. The molecule has 0 spiro atoms. The molecule has 0 atom stereocenters. The maximum Gasteiger partial charge on any atom is 0.185 e. The number of nitrogens with zero attached hydrogens (tertiary/aromatic N) is 3. The molecule has 1 saturated heterocycles. The van der Waals surface area contributed by atoms with Crippen molar-refractivity contribution in [3.05, 3.63) is 59.4 Å². The number of piperazine rings is 1. The van der Waals surface area contributed by atoms with Crippen LogP contribution in [0.5, 0.6) is 0 Å². The van der Waals surface area contributed by atoms with Gasteiger partial charge in [0, 0.05) is 37.1 Å². The number of thiazole rings is 1. The molecule has 25 heavy (non-hydrogen) atoms. The molecular weight excluding hydrogens is 334 g/mol. The molecule has 130 valence electrons. The molecule has 1 N–H and O–H groups in total. The van der Waals surface area contributed by atoms with Crippen molar-refractivity contribution in [2.75, 3.05) is 31.1 Å². The molecule has 1 aliphatic rings. The molecule has 2 aromatic heterocycles. The van der Waals surface area contributed by atoms with Crippen molar-refractivity contribution < 1.29 is 9.52 Å². The van der Waals surface area contributed by atoms with Gasteiger partial charge in [-0.05, 0) is 12.1 Å². The first-order valence-electron chi connectivity index (χ1n) is 8.48. The predicted molar refractivity (Wildman–Crippen MR) is 99.7 cm³/mol. The summed E-state index contributed by atoms with van der Waals surface area (Å²) in [5.41, 5.74) is 2.22. The van der Waals surface area contributed by atoms with Gasteiger partial charge >= 0.3 is 0 Å². The third-order valence-electron chi connectivity index (χ3n) is 4.46. The minimum Gasteiger partial charge on any atom is -0.462 e. The molecule has 3 heterocycles. The lowest BCUT2D eigenvalue weighted by molar-refractivity contribution is 0.212. The fourth-order valence-electron chi connectivity index (χ4n) is 3.06. The van der Waals surface area contributed by atoms with Gasteiger partial charge in [-0.1, -0.05) is 30.3 Å². The summed E-state index contributed by atoms with van der Waals surface area (Å²) in [5.74, 6) is 1.54. The van der Waals surface area contributed by atoms with E-state index in [-0.39, 0.29) is 6.61 Å². The number of aromatic nitrogens is 1. The van der Waals surface area contributed by atoms with Crippen molar-refractivity contribution in [2.45, 2.75) is 13.2 Å². The van der Waals surface area contributed by atoms with Gasteiger partial charge in [-0.2, -0.15) is 0 Å². The minimum absolute atomic E-state index is 0.0401. The van der Waals surface area contributed by atoms with Crippen molar-refractivity contribution in [3.63, 3.8) is 0 Å². The van der Waals surface area contributed by atoms with Crippen LogP contribution in [-0.2, 0) is 13.2 Å². The van der Waals surface area contributed by atoms with Crippen molar-refractivity contribution in [1.82, 2.24) is 9.88 Å². The summed E-state index contributed by atoms with van der Waals surface area (Å²) in [4.78, 5) is 9.54. The Hall–Kier alpha value is -2.15. The second kappa shape index (κ2) is 7.39. The fraction of sp³-hybridized carbons (Fsp3) is 0.316. The monoisotopic (exact) mass is 355 g/mol. The average molecular weight is 355 g/mol. The van der Waals surface area contributed by atoms with E-state index in [0.29, 0.717) is 5.76 Å². The third kappa shape index (κ3) is 3.76. The van der Waals surface area contributed by atoms with Gasteiger partial charge in [-0.3, -0.25) is 4.90 Å². The highest BCUT2D eigenvalue weighted by molar-refractivity contribution is 7.14. The van der Waals surface area contributed by atoms with Gasteiger partial charge < -0.3 is 14.4 Å². The summed E-state index contributed by atoms with van der Waals surface area (Å²) in [6.45, 7) is 4.65. The van der Waals surface area contributed by atoms with Gasteiger partial charge in [0.15, 0.2) is 5.13 Å². The molecule has 0 amide bonds. The van der Waals surface area contributed by atoms with Crippen LogP contribution in [0.2, 0.25) is 0 Å². The average Bonchev–Trinajstić information content (AvgIpc) is 3.33. The largest absolute Gasteiger partial charge is 0.462 e. The van der Waals surface area contributed by atoms with Crippen LogP contribution >= 0.6 is 11.3 Å². The number of rotatable bonds is 5. The molecule has 1 aromatic carbocycles. The number of hydrogen-bond donors (Lipinski definition) is 1. The lowest BCUT2D eigenvalue weighted by Crippen LogP contribution is -2.45. The highest BCUT2D eigenvalue weighted by atomic mass is 32.1. The van der Waals surface area contributed by atoms with E-state index in [1.807, 2.05) is 30.3 Å². The van der Waals surface area contributed by atoms with Crippen molar-refractivity contribution in [3.8, 4) is 11.3 Å². The Bertz CT molecular complexity index is 807. The van der Waals surface area contributed by atoms with E-state index in [1.165, 1.54) is 5.56 Å². The Morgan fingerprint density at radius 3 is 2.48 bits per heavy atom. The SMILES string of the molecule is OCc1ccc(CN2CCN(c3nc(-c4ccccc4)cs3)CC2)o1. The first kappa shape index (κ1) is 16.3. The second-order valence-electron chi connectivity index (χ2n) is 6.17. The third-order valence-corrected chi connectivity index (χ3v) is 5.36. The Balaban J connectivity index is 1.35. The first-order chi connectivity index (χ1) is 12.3. The van der Waals surface area contributed by atoms with Crippen LogP contribution in [0.1, 0.15) is 11.5 Å². The summed E-state index contributed by atoms with van der Waals surface area (Å²) in [7, 11) is 0. The van der Waals surface area contributed by atoms with E-state index in [4.69, 9.17) is 14.5 Å². The lowest BCUT2D eigenvalue weighted by Gasteiger charge is -2.34. The maximum absolute atomic E-state index is 9.08. The van der Waals surface area contributed by atoms with E-state index < -0.39 is 0 Å². The van der Waals surface area contributed by atoms with Gasteiger partial charge in [0.1, 0.15) is 18.1 Å². The van der Waals surface area contributed by atoms with Crippen LogP contribution in [0.15, 0.2) is 52.3 Å². The summed E-state index contributed by atoms with van der Waals surface area (Å²) in [5, 5.41) is 12.3. The number of aliphatic hydroxyl groups is 1. The lowest BCUT2D eigenvalue weighted by atomic mass is 10.2. The quantitative estimate of drug-likeness (QED) is 0.762. The Morgan fingerprint density at radius 2 is 1.76 bits per heavy atom. The number of hydrogen-bond acceptors (Lipinski definition) is 6. The predicted octanol–water partition coefficient (Wildman–Crippen LogP) is 3.22. The van der Waals surface area contributed by atoms with Gasteiger partial charge in [-0.25, -0.2) is 4.98 Å².